The number of ether oxygens (including phenoxy) is 1. The lowest BCUT2D eigenvalue weighted by molar-refractivity contribution is -0.150. The van der Waals surface area contributed by atoms with Crippen molar-refractivity contribution in [1.82, 2.24) is 0 Å². The highest BCUT2D eigenvalue weighted by atomic mass is 35.5. The van der Waals surface area contributed by atoms with Gasteiger partial charge in [-0.2, -0.15) is 0 Å². The van der Waals surface area contributed by atoms with Crippen LogP contribution in [0, 0.1) is 12.3 Å². The molecular formula is C13H14Cl2O2. The Morgan fingerprint density at radius 1 is 1.41 bits per heavy atom. The van der Waals surface area contributed by atoms with Gasteiger partial charge in [0, 0.05) is 6.42 Å². The lowest BCUT2D eigenvalue weighted by atomic mass is 10.1. The molecule has 2 nitrogen and oxygen atoms in total. The summed E-state index contributed by atoms with van der Waals surface area (Å²) >= 11 is 11.8. The second-order valence-electron chi connectivity index (χ2n) is 4.72. The SMILES string of the molecule is Cc1ccccc1COC(=O)C1(C)CC1(Cl)Cl. The number of rotatable bonds is 3. The fraction of sp³-hybridized carbons (Fsp3) is 0.462. The van der Waals surface area contributed by atoms with E-state index in [0.717, 1.165) is 11.1 Å². The van der Waals surface area contributed by atoms with E-state index in [1.54, 1.807) is 6.92 Å². The largest absolute Gasteiger partial charge is 0.460 e. The molecule has 0 spiro atoms. The molecule has 0 N–H and O–H groups in total. The fourth-order valence-corrected chi connectivity index (χ4v) is 2.38. The summed E-state index contributed by atoms with van der Waals surface area (Å²) in [5.74, 6) is -0.328. The highest BCUT2D eigenvalue weighted by Crippen LogP contribution is 2.64. The number of alkyl halides is 2. The van der Waals surface area contributed by atoms with Gasteiger partial charge in [0.1, 0.15) is 16.4 Å². The third-order valence-electron chi connectivity index (χ3n) is 3.33. The summed E-state index contributed by atoms with van der Waals surface area (Å²) in [7, 11) is 0. The standard InChI is InChI=1S/C13H14Cl2O2/c1-9-5-3-4-6-10(9)7-17-11(16)12(2)8-13(12,14)15/h3-6H,7-8H2,1-2H3. The Balaban J connectivity index is 1.97. The van der Waals surface area contributed by atoms with Crippen LogP contribution in [0.15, 0.2) is 24.3 Å². The maximum Gasteiger partial charge on any atom is 0.315 e. The van der Waals surface area contributed by atoms with Crippen LogP contribution in [0.5, 0.6) is 0 Å². The van der Waals surface area contributed by atoms with E-state index in [2.05, 4.69) is 0 Å². The molecule has 17 heavy (non-hydrogen) atoms. The van der Waals surface area contributed by atoms with Crippen molar-refractivity contribution in [2.75, 3.05) is 0 Å². The Kier molecular flexibility index (Phi) is 3.13. The van der Waals surface area contributed by atoms with Crippen molar-refractivity contribution in [1.29, 1.82) is 0 Å². The second kappa shape index (κ2) is 4.18. The summed E-state index contributed by atoms with van der Waals surface area (Å²) in [5.41, 5.74) is 1.35. The minimum atomic E-state index is -0.962. The number of halogens is 2. The third-order valence-corrected chi connectivity index (χ3v) is 4.43. The Bertz CT molecular complexity index is 456. The molecule has 1 aliphatic carbocycles. The van der Waals surface area contributed by atoms with Crippen LogP contribution in [0.4, 0.5) is 0 Å². The lowest BCUT2D eigenvalue weighted by Gasteiger charge is -2.12. The van der Waals surface area contributed by atoms with Crippen LogP contribution in [0.1, 0.15) is 24.5 Å². The number of hydrogen-bond acceptors (Lipinski definition) is 2. The molecule has 4 heteroatoms. The van der Waals surface area contributed by atoms with Crippen LogP contribution in [-0.2, 0) is 16.1 Å². The quantitative estimate of drug-likeness (QED) is 0.621. The predicted octanol–water partition coefficient (Wildman–Crippen LogP) is 3.62. The van der Waals surface area contributed by atoms with E-state index in [1.807, 2.05) is 31.2 Å². The topological polar surface area (TPSA) is 26.3 Å². The van der Waals surface area contributed by atoms with E-state index in [4.69, 9.17) is 27.9 Å². The Hall–Kier alpha value is -0.730. The zero-order valence-electron chi connectivity index (χ0n) is 9.80. The summed E-state index contributed by atoms with van der Waals surface area (Å²) in [5, 5.41) is 0. The van der Waals surface area contributed by atoms with Gasteiger partial charge in [-0.3, -0.25) is 4.79 Å². The molecule has 2 rings (SSSR count). The zero-order chi connectivity index (χ0) is 12.7. The van der Waals surface area contributed by atoms with Crippen LogP contribution in [0.3, 0.4) is 0 Å². The molecule has 0 bridgehead atoms. The molecule has 1 unspecified atom stereocenters. The molecule has 0 aliphatic heterocycles. The number of esters is 1. The first-order valence-corrected chi connectivity index (χ1v) is 6.22. The first-order chi connectivity index (χ1) is 7.87. The second-order valence-corrected chi connectivity index (χ2v) is 6.20. The average molecular weight is 273 g/mol. The van der Waals surface area contributed by atoms with Gasteiger partial charge < -0.3 is 4.74 Å². The van der Waals surface area contributed by atoms with Gasteiger partial charge in [0.15, 0.2) is 0 Å². The smallest absolute Gasteiger partial charge is 0.315 e. The van der Waals surface area contributed by atoms with Crippen molar-refractivity contribution in [2.45, 2.75) is 31.2 Å². The molecular weight excluding hydrogens is 259 g/mol. The normalized spacial score (nSPS) is 25.4. The van der Waals surface area contributed by atoms with Gasteiger partial charge in [-0.1, -0.05) is 24.3 Å². The number of benzene rings is 1. The van der Waals surface area contributed by atoms with Crippen LogP contribution < -0.4 is 0 Å². The van der Waals surface area contributed by atoms with Gasteiger partial charge in [-0.15, -0.1) is 23.2 Å². The van der Waals surface area contributed by atoms with Crippen LogP contribution in [-0.4, -0.2) is 10.3 Å². The summed E-state index contributed by atoms with van der Waals surface area (Å²) in [6, 6.07) is 7.79. The van der Waals surface area contributed by atoms with Gasteiger partial charge in [0.05, 0.1) is 0 Å². The molecule has 1 atom stereocenters. The van der Waals surface area contributed by atoms with Crippen LogP contribution in [0.25, 0.3) is 0 Å². The van der Waals surface area contributed by atoms with Crippen molar-refractivity contribution >= 4 is 29.2 Å². The van der Waals surface area contributed by atoms with Gasteiger partial charge >= 0.3 is 5.97 Å². The number of hydrogen-bond donors (Lipinski definition) is 0. The first kappa shape index (κ1) is 12.7. The lowest BCUT2D eigenvalue weighted by Crippen LogP contribution is -2.21. The molecule has 1 aliphatic rings. The molecule has 0 heterocycles. The van der Waals surface area contributed by atoms with E-state index in [9.17, 15) is 4.79 Å². The summed E-state index contributed by atoms with van der Waals surface area (Å²) in [6.45, 7) is 3.98. The monoisotopic (exact) mass is 272 g/mol. The van der Waals surface area contributed by atoms with E-state index in [-0.39, 0.29) is 12.6 Å². The molecule has 0 radical (unpaired) electrons. The minimum Gasteiger partial charge on any atom is -0.460 e. The van der Waals surface area contributed by atoms with Crippen molar-refractivity contribution in [3.05, 3.63) is 35.4 Å². The molecule has 0 saturated heterocycles. The third kappa shape index (κ3) is 2.29. The molecule has 92 valence electrons. The van der Waals surface area contributed by atoms with Crippen LogP contribution in [0.2, 0.25) is 0 Å². The predicted molar refractivity (Wildman–Crippen MR) is 68.1 cm³/mol. The Morgan fingerprint density at radius 2 is 2.00 bits per heavy atom. The summed E-state index contributed by atoms with van der Waals surface area (Å²) in [4.78, 5) is 11.8. The molecule has 1 saturated carbocycles. The van der Waals surface area contributed by atoms with Crippen molar-refractivity contribution in [3.8, 4) is 0 Å². The van der Waals surface area contributed by atoms with E-state index < -0.39 is 9.75 Å². The highest BCUT2D eigenvalue weighted by Gasteiger charge is 2.69. The average Bonchev–Trinajstić information content (AvgIpc) is 2.78. The van der Waals surface area contributed by atoms with Crippen molar-refractivity contribution in [2.24, 2.45) is 5.41 Å². The van der Waals surface area contributed by atoms with Gasteiger partial charge in [0.2, 0.25) is 0 Å². The summed E-state index contributed by atoms with van der Waals surface area (Å²) in [6.07, 6.45) is 0.454. The molecule has 1 fully saturated rings. The van der Waals surface area contributed by atoms with Gasteiger partial charge in [-0.25, -0.2) is 0 Å². The first-order valence-electron chi connectivity index (χ1n) is 5.46. The number of carbonyl (C=O) groups excluding carboxylic acids is 1. The Morgan fingerprint density at radius 3 is 2.53 bits per heavy atom. The molecule has 0 amide bonds. The number of carbonyl (C=O) groups is 1. The molecule has 1 aromatic rings. The van der Waals surface area contributed by atoms with Gasteiger partial charge in [0.25, 0.3) is 0 Å². The van der Waals surface area contributed by atoms with Crippen molar-refractivity contribution in [3.63, 3.8) is 0 Å². The minimum absolute atomic E-state index is 0.269. The van der Waals surface area contributed by atoms with Crippen LogP contribution >= 0.6 is 23.2 Å². The van der Waals surface area contributed by atoms with E-state index in [1.165, 1.54) is 0 Å². The molecule has 0 aromatic heterocycles. The van der Waals surface area contributed by atoms with Gasteiger partial charge in [-0.05, 0) is 25.0 Å². The zero-order valence-corrected chi connectivity index (χ0v) is 11.3. The maximum absolute atomic E-state index is 11.8. The maximum atomic E-state index is 11.8. The molecule has 1 aromatic carbocycles. The summed E-state index contributed by atoms with van der Waals surface area (Å²) < 4.78 is 4.30. The highest BCUT2D eigenvalue weighted by molar-refractivity contribution is 6.53. The van der Waals surface area contributed by atoms with Crippen molar-refractivity contribution < 1.29 is 9.53 Å². The van der Waals surface area contributed by atoms with E-state index >= 15 is 0 Å². The fourth-order valence-electron chi connectivity index (χ4n) is 1.70. The Labute approximate surface area is 111 Å². The van der Waals surface area contributed by atoms with E-state index in [0.29, 0.717) is 6.42 Å². The number of aryl methyl sites for hydroxylation is 1.